The van der Waals surface area contributed by atoms with Gasteiger partial charge in [-0.25, -0.2) is 0 Å². The second kappa shape index (κ2) is 7.39. The van der Waals surface area contributed by atoms with Gasteiger partial charge in [0.1, 0.15) is 0 Å². The van der Waals surface area contributed by atoms with Crippen molar-refractivity contribution in [2.45, 2.75) is 76.3 Å². The summed E-state index contributed by atoms with van der Waals surface area (Å²) >= 11 is 0. The van der Waals surface area contributed by atoms with E-state index in [9.17, 15) is 18.0 Å². The molecule has 1 aliphatic rings. The Kier molecular flexibility index (Phi) is 6.14. The summed E-state index contributed by atoms with van der Waals surface area (Å²) in [6, 6.07) is 8.07. The first-order chi connectivity index (χ1) is 11.9. The van der Waals surface area contributed by atoms with Crippen LogP contribution in [0.4, 0.5) is 13.2 Å². The third kappa shape index (κ3) is 4.59. The summed E-state index contributed by atoms with van der Waals surface area (Å²) in [6.45, 7) is 9.46. The fourth-order valence-electron chi connectivity index (χ4n) is 3.78. The Hall–Kier alpha value is -0.676. The molecule has 0 amide bonds. The first kappa shape index (κ1) is 21.6. The maximum absolute atomic E-state index is 12.9. The molecule has 1 aromatic rings. The van der Waals surface area contributed by atoms with E-state index < -0.39 is 40.2 Å². The lowest BCUT2D eigenvalue weighted by Crippen LogP contribution is -2.44. The second-order valence-electron chi connectivity index (χ2n) is 7.72. The molecule has 8 heteroatoms. The fraction of sp³-hybridized carbons (Fsp3) is 0.667. The van der Waals surface area contributed by atoms with Crippen molar-refractivity contribution in [2.24, 2.45) is 0 Å². The Labute approximate surface area is 155 Å². The summed E-state index contributed by atoms with van der Waals surface area (Å²) in [5.74, 6) is 0. The van der Waals surface area contributed by atoms with E-state index >= 15 is 0 Å². The molecule has 2 rings (SSSR count). The Morgan fingerprint density at radius 2 is 1.69 bits per heavy atom. The van der Waals surface area contributed by atoms with Crippen LogP contribution in [0, 0.1) is 0 Å². The first-order valence-corrected chi connectivity index (χ1v) is 14.4. The minimum Gasteiger partial charge on any atom is -0.429 e. The fourth-order valence-corrected chi connectivity index (χ4v) is 11.0. The summed E-state index contributed by atoms with van der Waals surface area (Å²) in [5, 5.41) is -1.05. The van der Waals surface area contributed by atoms with Crippen molar-refractivity contribution in [3.63, 3.8) is 0 Å². The summed E-state index contributed by atoms with van der Waals surface area (Å²) in [6.07, 6.45) is -3.94. The molecule has 1 saturated heterocycles. The van der Waals surface area contributed by atoms with Crippen LogP contribution in [-0.2, 0) is 21.9 Å². The van der Waals surface area contributed by atoms with Crippen LogP contribution in [0.15, 0.2) is 24.3 Å². The highest BCUT2D eigenvalue weighted by molar-refractivity contribution is 6.88. The highest BCUT2D eigenvalue weighted by atomic mass is 28.4. The van der Waals surface area contributed by atoms with Crippen molar-refractivity contribution in [3.05, 3.63) is 35.4 Å². The molecule has 1 N–H and O–H groups in total. The zero-order valence-corrected chi connectivity index (χ0v) is 18.1. The zero-order chi connectivity index (χ0) is 19.8. The lowest BCUT2D eigenvalue weighted by Gasteiger charge is -2.30. The zero-order valence-electron chi connectivity index (χ0n) is 16.1. The van der Waals surface area contributed by atoms with Crippen LogP contribution in [-0.4, -0.2) is 33.1 Å². The summed E-state index contributed by atoms with van der Waals surface area (Å²) in [7, 11) is -5.80. The van der Waals surface area contributed by atoms with Crippen LogP contribution in [0.3, 0.4) is 0 Å². The molecule has 0 radical (unpaired) electrons. The van der Waals surface area contributed by atoms with Gasteiger partial charge in [0, 0.05) is 12.0 Å². The van der Waals surface area contributed by atoms with Crippen molar-refractivity contribution in [1.29, 1.82) is 0 Å². The van der Waals surface area contributed by atoms with Gasteiger partial charge in [0.05, 0.1) is 11.8 Å². The summed E-state index contributed by atoms with van der Waals surface area (Å²) in [5.41, 5.74) is 1.42. The van der Waals surface area contributed by atoms with Gasteiger partial charge in [-0.2, -0.15) is 13.2 Å². The second-order valence-corrected chi connectivity index (χ2v) is 14.9. The van der Waals surface area contributed by atoms with E-state index in [1.54, 1.807) is 13.5 Å². The predicted molar refractivity (Wildman–Crippen MR) is 100 cm³/mol. The van der Waals surface area contributed by atoms with Gasteiger partial charge < -0.3 is 13.6 Å². The van der Waals surface area contributed by atoms with E-state index in [1.807, 2.05) is 37.4 Å². The molecule has 3 atom stereocenters. The van der Waals surface area contributed by atoms with Gasteiger partial charge in [0.25, 0.3) is 0 Å². The Morgan fingerprint density at radius 1 is 1.15 bits per heavy atom. The molecule has 0 spiro atoms. The van der Waals surface area contributed by atoms with Crippen LogP contribution >= 0.6 is 0 Å². The topological polar surface area (TPSA) is 38.7 Å². The third-order valence-corrected chi connectivity index (χ3v) is 11.6. The van der Waals surface area contributed by atoms with Gasteiger partial charge in [-0.1, -0.05) is 38.1 Å². The number of alkyl halides is 3. The lowest BCUT2D eigenvalue weighted by atomic mass is 10.1. The average Bonchev–Trinajstić information content (AvgIpc) is 2.98. The highest BCUT2D eigenvalue weighted by Gasteiger charge is 2.78. The number of hydrogen-bond acceptors (Lipinski definition) is 3. The van der Waals surface area contributed by atoms with Crippen LogP contribution < -0.4 is 0 Å². The van der Waals surface area contributed by atoms with Gasteiger partial charge >= 0.3 is 14.7 Å². The van der Waals surface area contributed by atoms with Gasteiger partial charge in [-0.15, -0.1) is 0 Å². The van der Waals surface area contributed by atoms with Gasteiger partial charge in [0.2, 0.25) is 8.32 Å². The normalized spacial score (nSPS) is 29.0. The molecule has 1 heterocycles. The monoisotopic (exact) mass is 406 g/mol. The molecule has 1 aromatic carbocycles. The number of aryl methyl sites for hydroxylation is 1. The SMILES string of the molecule is CCc1ccc(CO[Si](C)(C)OC2(CC)C(CC(F)(F)F)[Si]2(C)O)cc1. The molecule has 1 fully saturated rings. The molecular weight excluding hydrogens is 377 g/mol. The number of hydrogen-bond donors (Lipinski definition) is 1. The van der Waals surface area contributed by atoms with Crippen LogP contribution in [0.25, 0.3) is 0 Å². The predicted octanol–water partition coefficient (Wildman–Crippen LogP) is 5.08. The highest BCUT2D eigenvalue weighted by Crippen LogP contribution is 2.64. The number of halogens is 3. The molecule has 0 saturated carbocycles. The molecular formula is C18H29F3O3Si2. The maximum Gasteiger partial charge on any atom is 0.389 e. The molecule has 3 unspecified atom stereocenters. The largest absolute Gasteiger partial charge is 0.429 e. The van der Waals surface area contributed by atoms with Crippen molar-refractivity contribution >= 4 is 16.9 Å². The third-order valence-electron chi connectivity index (χ3n) is 5.42. The van der Waals surface area contributed by atoms with Crippen LogP contribution in [0.1, 0.15) is 37.8 Å². The first-order valence-electron chi connectivity index (χ1n) is 9.08. The van der Waals surface area contributed by atoms with Crippen molar-refractivity contribution in [1.82, 2.24) is 0 Å². The minimum absolute atomic E-state index is 0.358. The van der Waals surface area contributed by atoms with Crippen molar-refractivity contribution in [2.75, 3.05) is 0 Å². The summed E-state index contributed by atoms with van der Waals surface area (Å²) < 4.78 is 50.7. The van der Waals surface area contributed by atoms with Crippen molar-refractivity contribution < 1.29 is 26.8 Å². The van der Waals surface area contributed by atoms with E-state index in [0.717, 1.165) is 12.0 Å². The standard InChI is InChI=1S/C18H29F3O3Si2/c1-6-14-8-10-15(11-9-14)13-23-25(3,4)24-17(7-2)16(26(17,5)22)12-18(19,20)21/h8-11,16,22H,6-7,12-13H2,1-5H3. The molecule has 0 aromatic heterocycles. The molecule has 3 nitrogen and oxygen atoms in total. The quantitative estimate of drug-likeness (QED) is 0.612. The smallest absolute Gasteiger partial charge is 0.389 e. The van der Waals surface area contributed by atoms with E-state index in [-0.39, 0.29) is 0 Å². The molecule has 0 aliphatic carbocycles. The maximum atomic E-state index is 12.9. The molecule has 0 bridgehead atoms. The Morgan fingerprint density at radius 3 is 2.15 bits per heavy atom. The average molecular weight is 407 g/mol. The number of benzene rings is 1. The Balaban J connectivity index is 2.03. The van der Waals surface area contributed by atoms with E-state index in [2.05, 4.69) is 6.92 Å². The van der Waals surface area contributed by atoms with Gasteiger partial charge in [-0.3, -0.25) is 0 Å². The molecule has 148 valence electrons. The van der Waals surface area contributed by atoms with Crippen LogP contribution in [0.5, 0.6) is 0 Å². The van der Waals surface area contributed by atoms with Crippen LogP contribution in [0.2, 0.25) is 25.2 Å². The lowest BCUT2D eigenvalue weighted by molar-refractivity contribution is -0.137. The minimum atomic E-state index is -4.30. The van der Waals surface area contributed by atoms with E-state index in [0.29, 0.717) is 13.0 Å². The molecule has 1 aliphatic heterocycles. The van der Waals surface area contributed by atoms with E-state index in [4.69, 9.17) is 8.85 Å². The Bertz CT molecular complexity index is 617. The van der Waals surface area contributed by atoms with Gasteiger partial charge in [0.15, 0.2) is 0 Å². The summed E-state index contributed by atoms with van der Waals surface area (Å²) in [4.78, 5) is 10.7. The van der Waals surface area contributed by atoms with Gasteiger partial charge in [-0.05, 0) is 43.6 Å². The van der Waals surface area contributed by atoms with E-state index in [1.165, 1.54) is 5.56 Å². The molecule has 26 heavy (non-hydrogen) atoms. The van der Waals surface area contributed by atoms with Crippen molar-refractivity contribution in [3.8, 4) is 0 Å². The number of rotatable bonds is 8.